The van der Waals surface area contributed by atoms with Gasteiger partial charge in [0.15, 0.2) is 0 Å². The predicted octanol–water partition coefficient (Wildman–Crippen LogP) is 2.35. The summed E-state index contributed by atoms with van der Waals surface area (Å²) in [5.74, 6) is 0. The fraction of sp³-hybridized carbons (Fsp3) is 0.741. The molecule has 6 N–H and O–H groups in total. The number of hydrogen-bond acceptors (Lipinski definition) is 9. The SMILES string of the molecule is CC(C)(C)OC(=O)N1CCC2(CCC(Nc3ccc4c(c3)C(O)N(C3CCC(O)NC3O)C4O)CC2)C1. The third kappa shape index (κ3) is 5.46. The summed E-state index contributed by atoms with van der Waals surface area (Å²) in [5, 5.41) is 48.4. The van der Waals surface area contributed by atoms with Crippen molar-refractivity contribution < 1.29 is 30.0 Å². The van der Waals surface area contributed by atoms with Gasteiger partial charge in [-0.05, 0) is 83.3 Å². The molecule has 4 aliphatic rings. The summed E-state index contributed by atoms with van der Waals surface area (Å²) in [5.41, 5.74) is 1.84. The number of amides is 1. The topological polar surface area (TPSA) is 138 Å². The van der Waals surface area contributed by atoms with Gasteiger partial charge in [-0.3, -0.25) is 5.32 Å². The van der Waals surface area contributed by atoms with Crippen molar-refractivity contribution in [2.24, 2.45) is 5.41 Å². The van der Waals surface area contributed by atoms with Gasteiger partial charge in [0, 0.05) is 35.9 Å². The molecule has 37 heavy (non-hydrogen) atoms. The number of aliphatic hydroxyl groups excluding tert-OH is 4. The number of carbonyl (C=O) groups excluding carboxylic acids is 1. The standard InChI is InChI=1S/C27H42N4O6/c1-26(2,3)37-25(36)30-13-12-27(15-30)10-8-16(9-11-27)28-17-4-5-18-19(14-17)24(35)31(23(18)34)20-6-7-21(32)29-22(20)33/h4-5,14,16,20-24,28-29,32-35H,6-13,15H2,1-3H3. The lowest BCUT2D eigenvalue weighted by atomic mass is 9.72. The van der Waals surface area contributed by atoms with Gasteiger partial charge in [-0.25, -0.2) is 9.69 Å². The van der Waals surface area contributed by atoms with Crippen molar-refractivity contribution in [2.75, 3.05) is 18.4 Å². The lowest BCUT2D eigenvalue weighted by molar-refractivity contribution is -0.159. The van der Waals surface area contributed by atoms with Crippen molar-refractivity contribution >= 4 is 11.8 Å². The minimum Gasteiger partial charge on any atom is -0.444 e. The second kappa shape index (κ2) is 9.98. The van der Waals surface area contributed by atoms with Gasteiger partial charge in [0.25, 0.3) is 0 Å². The Balaban J connectivity index is 1.18. The molecule has 1 aromatic rings. The lowest BCUT2D eigenvalue weighted by Crippen LogP contribution is -2.57. The van der Waals surface area contributed by atoms with Crippen LogP contribution in [0.15, 0.2) is 18.2 Å². The van der Waals surface area contributed by atoms with E-state index < -0.39 is 36.6 Å². The average molecular weight is 519 g/mol. The van der Waals surface area contributed by atoms with Crippen molar-refractivity contribution in [3.8, 4) is 0 Å². The van der Waals surface area contributed by atoms with Gasteiger partial charge in [0.05, 0.1) is 6.04 Å². The minimum absolute atomic E-state index is 0.163. The molecule has 3 aliphatic heterocycles. The van der Waals surface area contributed by atoms with Crippen LogP contribution in [0.3, 0.4) is 0 Å². The third-order valence-corrected chi connectivity index (χ3v) is 8.56. The molecule has 5 rings (SSSR count). The maximum atomic E-state index is 12.5. The lowest BCUT2D eigenvalue weighted by Gasteiger charge is -2.40. The minimum atomic E-state index is -1.05. The van der Waals surface area contributed by atoms with Crippen LogP contribution in [-0.4, -0.2) is 79.5 Å². The van der Waals surface area contributed by atoms with E-state index in [-0.39, 0.29) is 11.5 Å². The molecule has 1 amide bonds. The van der Waals surface area contributed by atoms with Crippen LogP contribution in [0.4, 0.5) is 10.5 Å². The van der Waals surface area contributed by atoms with E-state index in [1.54, 1.807) is 0 Å². The number of piperidine rings is 1. The van der Waals surface area contributed by atoms with Crippen LogP contribution in [-0.2, 0) is 4.74 Å². The number of benzene rings is 1. The largest absolute Gasteiger partial charge is 0.444 e. The zero-order valence-electron chi connectivity index (χ0n) is 22.1. The van der Waals surface area contributed by atoms with Gasteiger partial charge < -0.3 is 35.4 Å². The maximum Gasteiger partial charge on any atom is 0.410 e. The van der Waals surface area contributed by atoms with Crippen molar-refractivity contribution in [2.45, 2.75) is 108 Å². The highest BCUT2D eigenvalue weighted by molar-refractivity contribution is 5.68. The van der Waals surface area contributed by atoms with Gasteiger partial charge in [-0.2, -0.15) is 0 Å². The van der Waals surface area contributed by atoms with Gasteiger partial charge >= 0.3 is 6.09 Å². The molecular weight excluding hydrogens is 476 g/mol. The number of rotatable bonds is 3. The van der Waals surface area contributed by atoms with Gasteiger partial charge in [0.1, 0.15) is 30.5 Å². The van der Waals surface area contributed by atoms with Crippen molar-refractivity contribution in [1.29, 1.82) is 0 Å². The molecule has 2 saturated heterocycles. The van der Waals surface area contributed by atoms with Crippen LogP contribution in [0, 0.1) is 5.41 Å². The molecule has 0 bridgehead atoms. The molecule has 1 aromatic carbocycles. The van der Waals surface area contributed by atoms with E-state index in [1.807, 2.05) is 43.9 Å². The number of ether oxygens (including phenoxy) is 1. The Labute approximate surface area is 218 Å². The first kappa shape index (κ1) is 26.6. The quantitative estimate of drug-likeness (QED) is 0.356. The molecule has 0 radical (unpaired) electrons. The molecule has 0 aromatic heterocycles. The van der Waals surface area contributed by atoms with Gasteiger partial charge in [-0.15, -0.1) is 0 Å². The summed E-state index contributed by atoms with van der Waals surface area (Å²) in [4.78, 5) is 15.9. The molecule has 1 aliphatic carbocycles. The Morgan fingerprint density at radius 1 is 1.03 bits per heavy atom. The fourth-order valence-corrected chi connectivity index (χ4v) is 6.57. The molecule has 5 atom stereocenters. The molecule has 1 spiro atoms. The van der Waals surface area contributed by atoms with E-state index in [1.165, 1.54) is 4.90 Å². The van der Waals surface area contributed by atoms with Crippen molar-refractivity contribution in [3.63, 3.8) is 0 Å². The van der Waals surface area contributed by atoms with E-state index in [2.05, 4.69) is 10.6 Å². The zero-order chi connectivity index (χ0) is 26.5. The summed E-state index contributed by atoms with van der Waals surface area (Å²) in [6.07, 6.45) is 1.86. The predicted molar refractivity (Wildman–Crippen MR) is 137 cm³/mol. The Kier molecular flexibility index (Phi) is 7.19. The second-order valence-electron chi connectivity index (χ2n) is 12.4. The number of fused-ring (bicyclic) bond motifs is 1. The number of anilines is 1. The van der Waals surface area contributed by atoms with E-state index in [0.717, 1.165) is 50.9 Å². The Morgan fingerprint density at radius 2 is 1.73 bits per heavy atom. The molecule has 3 heterocycles. The summed E-state index contributed by atoms with van der Waals surface area (Å²) >= 11 is 0. The molecule has 10 heteroatoms. The Hall–Kier alpha value is -1.95. The molecule has 5 unspecified atom stereocenters. The Bertz CT molecular complexity index is 992. The number of aliphatic hydroxyl groups is 4. The highest BCUT2D eigenvalue weighted by atomic mass is 16.6. The van der Waals surface area contributed by atoms with E-state index in [4.69, 9.17) is 4.74 Å². The summed E-state index contributed by atoms with van der Waals surface area (Å²) in [6, 6.07) is 5.44. The summed E-state index contributed by atoms with van der Waals surface area (Å²) < 4.78 is 5.57. The number of likely N-dealkylation sites (tertiary alicyclic amines) is 1. The number of nitrogens with zero attached hydrogens (tertiary/aromatic N) is 2. The first-order chi connectivity index (χ1) is 17.4. The second-order valence-corrected chi connectivity index (χ2v) is 12.4. The van der Waals surface area contributed by atoms with Crippen LogP contribution in [0.2, 0.25) is 0 Å². The highest BCUT2D eigenvalue weighted by Crippen LogP contribution is 2.46. The summed E-state index contributed by atoms with van der Waals surface area (Å²) in [7, 11) is 0. The van der Waals surface area contributed by atoms with Crippen LogP contribution in [0.5, 0.6) is 0 Å². The first-order valence-electron chi connectivity index (χ1n) is 13.6. The number of carbonyl (C=O) groups is 1. The maximum absolute atomic E-state index is 12.5. The smallest absolute Gasteiger partial charge is 0.410 e. The average Bonchev–Trinajstić information content (AvgIpc) is 3.34. The number of nitrogens with one attached hydrogen (secondary N) is 2. The highest BCUT2D eigenvalue weighted by Gasteiger charge is 2.46. The first-order valence-corrected chi connectivity index (χ1v) is 13.6. The van der Waals surface area contributed by atoms with E-state index >= 15 is 0 Å². The monoisotopic (exact) mass is 518 g/mol. The van der Waals surface area contributed by atoms with Crippen molar-refractivity contribution in [3.05, 3.63) is 29.3 Å². The summed E-state index contributed by atoms with van der Waals surface area (Å²) in [6.45, 7) is 7.19. The normalized spacial score (nSPS) is 36.6. The van der Waals surface area contributed by atoms with E-state index in [0.29, 0.717) is 30.0 Å². The van der Waals surface area contributed by atoms with Crippen LogP contribution in [0.25, 0.3) is 0 Å². The van der Waals surface area contributed by atoms with E-state index in [9.17, 15) is 25.2 Å². The molecule has 206 valence electrons. The van der Waals surface area contributed by atoms with Crippen LogP contribution < -0.4 is 10.6 Å². The molecule has 10 nitrogen and oxygen atoms in total. The van der Waals surface area contributed by atoms with Gasteiger partial charge in [-0.1, -0.05) is 6.07 Å². The Morgan fingerprint density at radius 3 is 2.41 bits per heavy atom. The fourth-order valence-electron chi connectivity index (χ4n) is 6.57. The van der Waals surface area contributed by atoms with Gasteiger partial charge in [0.2, 0.25) is 0 Å². The molecule has 3 fully saturated rings. The van der Waals surface area contributed by atoms with Crippen LogP contribution >= 0.6 is 0 Å². The molecule has 1 saturated carbocycles. The molecular formula is C27H42N4O6. The zero-order valence-corrected chi connectivity index (χ0v) is 22.1. The van der Waals surface area contributed by atoms with Crippen molar-refractivity contribution in [1.82, 2.24) is 15.1 Å². The third-order valence-electron chi connectivity index (χ3n) is 8.56. The number of hydrogen-bond donors (Lipinski definition) is 6. The van der Waals surface area contributed by atoms with Crippen LogP contribution in [0.1, 0.15) is 89.3 Å².